The molecule has 0 atom stereocenters. The molecule has 0 aliphatic heterocycles. The van der Waals surface area contributed by atoms with Gasteiger partial charge >= 0.3 is 0 Å². The second-order valence-corrected chi connectivity index (χ2v) is 6.39. The number of hydrogen-bond donors (Lipinski definition) is 0. The molecule has 1 heterocycles. The quantitative estimate of drug-likeness (QED) is 0.643. The third kappa shape index (κ3) is 4.91. The van der Waals surface area contributed by atoms with Crippen LogP contribution >= 0.6 is 0 Å². The van der Waals surface area contributed by atoms with E-state index in [9.17, 15) is 4.79 Å². The summed E-state index contributed by atoms with van der Waals surface area (Å²) in [7, 11) is 1.93. The minimum absolute atomic E-state index is 0.0851. The molecule has 3 aromatic rings. The number of carbonyl (C=O) groups is 1. The van der Waals surface area contributed by atoms with E-state index in [2.05, 4.69) is 22.1 Å². The lowest BCUT2D eigenvalue weighted by atomic mass is 10.2. The number of carbonyl (C=O) groups excluding carboxylic acids is 1. The van der Waals surface area contributed by atoms with E-state index in [4.69, 9.17) is 0 Å². The van der Waals surface area contributed by atoms with Crippen LogP contribution in [0.4, 0.5) is 5.95 Å². The lowest BCUT2D eigenvalue weighted by Gasteiger charge is -2.22. The Labute approximate surface area is 160 Å². The molecule has 138 valence electrons. The summed E-state index contributed by atoms with van der Waals surface area (Å²) < 4.78 is 0. The predicted molar refractivity (Wildman–Crippen MR) is 107 cm³/mol. The molecule has 0 N–H and O–H groups in total. The average Bonchev–Trinajstić information content (AvgIpc) is 2.73. The Morgan fingerprint density at radius 2 is 1.48 bits per heavy atom. The van der Waals surface area contributed by atoms with E-state index in [-0.39, 0.29) is 5.91 Å². The first-order valence-corrected chi connectivity index (χ1v) is 9.08. The van der Waals surface area contributed by atoms with Gasteiger partial charge in [-0.25, -0.2) is 9.97 Å². The molecule has 2 aromatic carbocycles. The molecule has 27 heavy (non-hydrogen) atoms. The molecular formula is C22H24N4O. The summed E-state index contributed by atoms with van der Waals surface area (Å²) in [6.07, 6.45) is 1.65. The van der Waals surface area contributed by atoms with Crippen LogP contribution in [0.2, 0.25) is 0 Å². The molecule has 1 aromatic heterocycles. The van der Waals surface area contributed by atoms with E-state index in [1.807, 2.05) is 67.4 Å². The largest absolute Gasteiger partial charge is 0.340 e. The number of amides is 1. The summed E-state index contributed by atoms with van der Waals surface area (Å²) >= 11 is 0. The van der Waals surface area contributed by atoms with Gasteiger partial charge in [0.25, 0.3) is 5.91 Å². The van der Waals surface area contributed by atoms with E-state index in [0.29, 0.717) is 31.3 Å². The second-order valence-electron chi connectivity index (χ2n) is 6.39. The molecule has 0 aliphatic rings. The van der Waals surface area contributed by atoms with Crippen molar-refractivity contribution in [2.75, 3.05) is 18.5 Å². The van der Waals surface area contributed by atoms with Crippen molar-refractivity contribution in [3.05, 3.63) is 89.7 Å². The van der Waals surface area contributed by atoms with Gasteiger partial charge in [0.2, 0.25) is 5.95 Å². The van der Waals surface area contributed by atoms with Crippen LogP contribution in [0.5, 0.6) is 0 Å². The van der Waals surface area contributed by atoms with Crippen molar-refractivity contribution in [1.29, 1.82) is 0 Å². The van der Waals surface area contributed by atoms with Gasteiger partial charge in [0.1, 0.15) is 5.69 Å². The van der Waals surface area contributed by atoms with Gasteiger partial charge in [-0.05, 0) is 24.1 Å². The van der Waals surface area contributed by atoms with Crippen molar-refractivity contribution in [2.45, 2.75) is 20.0 Å². The number of hydrogen-bond acceptors (Lipinski definition) is 4. The Bertz CT molecular complexity index is 868. The number of nitrogens with zero attached hydrogens (tertiary/aromatic N) is 4. The highest BCUT2D eigenvalue weighted by Gasteiger charge is 2.17. The van der Waals surface area contributed by atoms with Gasteiger partial charge in [0.15, 0.2) is 0 Å². The molecule has 0 radical (unpaired) electrons. The van der Waals surface area contributed by atoms with Crippen LogP contribution in [-0.2, 0) is 13.1 Å². The Morgan fingerprint density at radius 1 is 0.889 bits per heavy atom. The third-order valence-electron chi connectivity index (χ3n) is 4.35. The monoisotopic (exact) mass is 360 g/mol. The number of anilines is 1. The molecule has 0 fully saturated rings. The smallest absolute Gasteiger partial charge is 0.272 e. The van der Waals surface area contributed by atoms with Crippen LogP contribution in [0.3, 0.4) is 0 Å². The molecule has 5 heteroatoms. The minimum atomic E-state index is -0.0851. The fourth-order valence-corrected chi connectivity index (χ4v) is 2.87. The average molecular weight is 360 g/mol. The van der Waals surface area contributed by atoms with E-state index >= 15 is 0 Å². The van der Waals surface area contributed by atoms with Crippen molar-refractivity contribution in [2.24, 2.45) is 0 Å². The Balaban J connectivity index is 1.74. The third-order valence-corrected chi connectivity index (χ3v) is 4.35. The van der Waals surface area contributed by atoms with Crippen molar-refractivity contribution in [3.63, 3.8) is 0 Å². The first-order valence-electron chi connectivity index (χ1n) is 9.08. The molecule has 0 unspecified atom stereocenters. The number of rotatable bonds is 7. The standard InChI is InChI=1S/C22H24N4O/c1-3-26(17-19-12-8-5-9-13-19)21(27)20-14-15-23-22(24-20)25(2)16-18-10-6-4-7-11-18/h4-15H,3,16-17H2,1-2H3. The number of benzene rings is 2. The highest BCUT2D eigenvalue weighted by Crippen LogP contribution is 2.13. The zero-order chi connectivity index (χ0) is 19.1. The van der Waals surface area contributed by atoms with Gasteiger partial charge in [-0.15, -0.1) is 0 Å². The van der Waals surface area contributed by atoms with Crippen LogP contribution in [0, 0.1) is 0 Å². The van der Waals surface area contributed by atoms with Gasteiger partial charge < -0.3 is 9.80 Å². The lowest BCUT2D eigenvalue weighted by Crippen LogP contribution is -2.31. The SMILES string of the molecule is CCN(Cc1ccccc1)C(=O)c1ccnc(N(C)Cc2ccccc2)n1. The van der Waals surface area contributed by atoms with Crippen LogP contribution in [0.25, 0.3) is 0 Å². The molecule has 5 nitrogen and oxygen atoms in total. The summed E-state index contributed by atoms with van der Waals surface area (Å²) in [5.41, 5.74) is 2.68. The normalized spacial score (nSPS) is 10.4. The molecular weight excluding hydrogens is 336 g/mol. The summed E-state index contributed by atoms with van der Waals surface area (Å²) in [5, 5.41) is 0. The maximum Gasteiger partial charge on any atom is 0.272 e. The maximum atomic E-state index is 12.9. The van der Waals surface area contributed by atoms with Crippen LogP contribution in [-0.4, -0.2) is 34.4 Å². The first-order chi connectivity index (χ1) is 13.2. The van der Waals surface area contributed by atoms with Crippen LogP contribution in [0.1, 0.15) is 28.5 Å². The Morgan fingerprint density at radius 3 is 2.07 bits per heavy atom. The Kier molecular flexibility index (Phi) is 6.15. The topological polar surface area (TPSA) is 49.3 Å². The molecule has 0 aliphatic carbocycles. The maximum absolute atomic E-state index is 12.9. The fourth-order valence-electron chi connectivity index (χ4n) is 2.87. The Hall–Kier alpha value is -3.21. The highest BCUT2D eigenvalue weighted by molar-refractivity contribution is 5.92. The van der Waals surface area contributed by atoms with Crippen molar-refractivity contribution >= 4 is 11.9 Å². The highest BCUT2D eigenvalue weighted by atomic mass is 16.2. The molecule has 0 spiro atoms. The van der Waals surface area contributed by atoms with Gasteiger partial charge in [-0.1, -0.05) is 60.7 Å². The van der Waals surface area contributed by atoms with Gasteiger partial charge in [-0.3, -0.25) is 4.79 Å². The molecule has 0 saturated carbocycles. The number of aromatic nitrogens is 2. The summed E-state index contributed by atoms with van der Waals surface area (Å²) in [5.74, 6) is 0.457. The van der Waals surface area contributed by atoms with E-state index in [1.54, 1.807) is 17.2 Å². The van der Waals surface area contributed by atoms with Crippen LogP contribution in [0.15, 0.2) is 72.9 Å². The van der Waals surface area contributed by atoms with Crippen LogP contribution < -0.4 is 4.90 Å². The van der Waals surface area contributed by atoms with Crippen molar-refractivity contribution in [3.8, 4) is 0 Å². The summed E-state index contributed by atoms with van der Waals surface area (Å²) in [6, 6.07) is 21.8. The zero-order valence-corrected chi connectivity index (χ0v) is 15.7. The zero-order valence-electron chi connectivity index (χ0n) is 15.7. The van der Waals surface area contributed by atoms with Crippen molar-refractivity contribution < 1.29 is 4.79 Å². The van der Waals surface area contributed by atoms with E-state index < -0.39 is 0 Å². The molecule has 0 bridgehead atoms. The van der Waals surface area contributed by atoms with E-state index in [1.165, 1.54) is 5.56 Å². The molecule has 0 saturated heterocycles. The molecule has 1 amide bonds. The van der Waals surface area contributed by atoms with E-state index in [0.717, 1.165) is 5.56 Å². The van der Waals surface area contributed by atoms with Crippen molar-refractivity contribution in [1.82, 2.24) is 14.9 Å². The lowest BCUT2D eigenvalue weighted by molar-refractivity contribution is 0.0746. The molecule has 3 rings (SSSR count). The fraction of sp³-hybridized carbons (Fsp3) is 0.227. The first kappa shape index (κ1) is 18.6. The van der Waals surface area contributed by atoms with Gasteiger partial charge in [-0.2, -0.15) is 0 Å². The minimum Gasteiger partial charge on any atom is -0.340 e. The second kappa shape index (κ2) is 8.94. The van der Waals surface area contributed by atoms with Gasteiger partial charge in [0.05, 0.1) is 0 Å². The van der Waals surface area contributed by atoms with Gasteiger partial charge in [0, 0.05) is 32.9 Å². The summed E-state index contributed by atoms with van der Waals surface area (Å²) in [6.45, 7) is 3.84. The predicted octanol–water partition coefficient (Wildman–Crippen LogP) is 3.78. The summed E-state index contributed by atoms with van der Waals surface area (Å²) in [4.78, 5) is 25.5.